The van der Waals surface area contributed by atoms with Gasteiger partial charge in [0.05, 0.1) is 0 Å². The Bertz CT molecular complexity index is 89.0. The molecule has 2 radical (unpaired) electrons. The van der Waals surface area contributed by atoms with Crippen LogP contribution in [0.1, 0.15) is 58.3 Å². The van der Waals surface area contributed by atoms with Crippen molar-refractivity contribution in [3.63, 3.8) is 0 Å². The van der Waals surface area contributed by atoms with E-state index >= 15 is 0 Å². The first-order valence-electron chi connectivity index (χ1n) is 5.08. The molecule has 0 bridgehead atoms. The molecule has 0 N–H and O–H groups in total. The molecule has 12 heavy (non-hydrogen) atoms. The third kappa shape index (κ3) is 9.67. The van der Waals surface area contributed by atoms with Gasteiger partial charge in [-0.1, -0.05) is 45.4 Å². The van der Waals surface area contributed by atoms with Gasteiger partial charge in [-0.2, -0.15) is 0 Å². The van der Waals surface area contributed by atoms with Crippen molar-refractivity contribution in [3.8, 4) is 0 Å². The van der Waals surface area contributed by atoms with Crippen molar-refractivity contribution in [1.82, 2.24) is 0 Å². The number of unbranched alkanes of at least 4 members (excludes halogenated alkanes) is 8. The Morgan fingerprint density at radius 3 is 2.42 bits per heavy atom. The Morgan fingerprint density at radius 2 is 1.75 bits per heavy atom. The van der Waals surface area contributed by atoms with Crippen molar-refractivity contribution >= 4 is 6.29 Å². The minimum Gasteiger partial charge on any atom is -0.291 e. The van der Waals surface area contributed by atoms with Crippen LogP contribution >= 0.6 is 0 Å². The van der Waals surface area contributed by atoms with Crippen LogP contribution in [0.5, 0.6) is 0 Å². The number of rotatable bonds is 9. The van der Waals surface area contributed by atoms with Gasteiger partial charge in [-0.15, -0.1) is 0 Å². The number of hydrogen-bond donors (Lipinski definition) is 0. The summed E-state index contributed by atoms with van der Waals surface area (Å²) >= 11 is 0. The Balaban J connectivity index is 2.77. The highest BCUT2D eigenvalue weighted by atomic mass is 16.1. The van der Waals surface area contributed by atoms with E-state index in [1.165, 1.54) is 38.5 Å². The maximum Gasteiger partial charge on any atom is 0.198 e. The van der Waals surface area contributed by atoms with Gasteiger partial charge in [0.2, 0.25) is 0 Å². The van der Waals surface area contributed by atoms with Crippen molar-refractivity contribution in [2.24, 2.45) is 0 Å². The van der Waals surface area contributed by atoms with Gasteiger partial charge in [-0.3, -0.25) is 4.79 Å². The topological polar surface area (TPSA) is 17.1 Å². The minimum absolute atomic E-state index is 0.626. The van der Waals surface area contributed by atoms with Gasteiger partial charge < -0.3 is 0 Å². The number of carbonyl (C=O) groups excluding carboxylic acids is 1. The quantitative estimate of drug-likeness (QED) is 0.482. The molecule has 0 saturated carbocycles. The lowest BCUT2D eigenvalue weighted by molar-refractivity contribution is 0.542. The molecule has 0 aromatic carbocycles. The van der Waals surface area contributed by atoms with Crippen LogP contribution in [0.3, 0.4) is 0 Å². The first-order valence-corrected chi connectivity index (χ1v) is 5.08. The normalized spacial score (nSPS) is 10.1. The van der Waals surface area contributed by atoms with Gasteiger partial charge in [0, 0.05) is 6.42 Å². The third-order valence-corrected chi connectivity index (χ3v) is 1.98. The van der Waals surface area contributed by atoms with Gasteiger partial charge in [-0.05, 0) is 12.8 Å². The second-order valence-electron chi connectivity index (χ2n) is 3.15. The SMILES string of the molecule is CC[CH]CCCCCCC[C]=O. The van der Waals surface area contributed by atoms with E-state index in [1.54, 1.807) is 0 Å². The van der Waals surface area contributed by atoms with Crippen LogP contribution in [0.25, 0.3) is 0 Å². The Kier molecular flexibility index (Phi) is 10.4. The van der Waals surface area contributed by atoms with Crippen molar-refractivity contribution in [2.45, 2.75) is 58.3 Å². The predicted molar refractivity (Wildman–Crippen MR) is 52.6 cm³/mol. The molecular formula is C11H20O. The fraction of sp³-hybridized carbons (Fsp3) is 0.818. The molecule has 0 atom stereocenters. The first kappa shape index (κ1) is 11.7. The van der Waals surface area contributed by atoms with E-state index < -0.39 is 0 Å². The molecule has 0 aliphatic carbocycles. The largest absolute Gasteiger partial charge is 0.291 e. The molecule has 70 valence electrons. The van der Waals surface area contributed by atoms with Crippen LogP contribution in [0.4, 0.5) is 0 Å². The van der Waals surface area contributed by atoms with E-state index in [1.807, 2.05) is 6.29 Å². The third-order valence-electron chi connectivity index (χ3n) is 1.98. The second kappa shape index (κ2) is 10.7. The summed E-state index contributed by atoms with van der Waals surface area (Å²) in [5, 5.41) is 0. The van der Waals surface area contributed by atoms with E-state index in [2.05, 4.69) is 13.3 Å². The minimum atomic E-state index is 0.626. The molecule has 1 nitrogen and oxygen atoms in total. The van der Waals surface area contributed by atoms with Gasteiger partial charge in [0.15, 0.2) is 6.29 Å². The smallest absolute Gasteiger partial charge is 0.198 e. The van der Waals surface area contributed by atoms with Gasteiger partial charge in [-0.25, -0.2) is 0 Å². The summed E-state index contributed by atoms with van der Waals surface area (Å²) < 4.78 is 0. The molecule has 0 heterocycles. The van der Waals surface area contributed by atoms with Crippen LogP contribution in [0.15, 0.2) is 0 Å². The van der Waals surface area contributed by atoms with E-state index in [0.717, 1.165) is 6.42 Å². The van der Waals surface area contributed by atoms with Gasteiger partial charge >= 0.3 is 0 Å². The van der Waals surface area contributed by atoms with Gasteiger partial charge in [0.25, 0.3) is 0 Å². The maximum atomic E-state index is 9.85. The first-order chi connectivity index (χ1) is 5.91. The average Bonchev–Trinajstić information content (AvgIpc) is 2.10. The summed E-state index contributed by atoms with van der Waals surface area (Å²) in [6.45, 7) is 2.18. The standard InChI is InChI=1S/C11H20O/c1-2-3-4-5-6-7-8-9-10-11-12/h3H,2,4-10H2,1H3. The van der Waals surface area contributed by atoms with Crippen LogP contribution in [0.2, 0.25) is 0 Å². The van der Waals surface area contributed by atoms with Crippen molar-refractivity contribution < 1.29 is 4.79 Å². The molecule has 0 aliphatic rings. The molecule has 0 unspecified atom stereocenters. The molecule has 0 spiro atoms. The van der Waals surface area contributed by atoms with Crippen LogP contribution < -0.4 is 0 Å². The summed E-state index contributed by atoms with van der Waals surface area (Å²) in [6.07, 6.45) is 13.5. The van der Waals surface area contributed by atoms with E-state index in [4.69, 9.17) is 0 Å². The van der Waals surface area contributed by atoms with Crippen LogP contribution in [-0.2, 0) is 4.79 Å². The van der Waals surface area contributed by atoms with E-state index in [9.17, 15) is 4.79 Å². The average molecular weight is 168 g/mol. The summed E-state index contributed by atoms with van der Waals surface area (Å²) in [5.41, 5.74) is 0. The lowest BCUT2D eigenvalue weighted by Gasteiger charge is -1.98. The molecule has 0 aromatic heterocycles. The lowest BCUT2D eigenvalue weighted by Crippen LogP contribution is -1.81. The fourth-order valence-electron chi connectivity index (χ4n) is 1.22. The van der Waals surface area contributed by atoms with Crippen LogP contribution in [0, 0.1) is 6.42 Å². The highest BCUT2D eigenvalue weighted by molar-refractivity contribution is 5.50. The monoisotopic (exact) mass is 168 g/mol. The summed E-state index contributed by atoms with van der Waals surface area (Å²) in [6, 6.07) is 0. The maximum absolute atomic E-state index is 9.85. The van der Waals surface area contributed by atoms with E-state index in [-0.39, 0.29) is 0 Å². The zero-order valence-electron chi connectivity index (χ0n) is 8.14. The molecule has 0 aliphatic heterocycles. The zero-order chi connectivity index (χ0) is 9.07. The highest BCUT2D eigenvalue weighted by Gasteiger charge is 1.90. The zero-order valence-corrected chi connectivity index (χ0v) is 8.14. The molecule has 0 aromatic rings. The molecule has 0 rings (SSSR count). The Labute approximate surface area is 76.6 Å². The predicted octanol–water partition coefficient (Wildman–Crippen LogP) is 3.44. The summed E-state index contributed by atoms with van der Waals surface area (Å²) in [7, 11) is 0. The number of hydrogen-bond acceptors (Lipinski definition) is 1. The highest BCUT2D eigenvalue weighted by Crippen LogP contribution is 2.08. The van der Waals surface area contributed by atoms with Crippen LogP contribution in [-0.4, -0.2) is 6.29 Å². The fourth-order valence-corrected chi connectivity index (χ4v) is 1.22. The Morgan fingerprint density at radius 1 is 1.08 bits per heavy atom. The molecule has 0 fully saturated rings. The van der Waals surface area contributed by atoms with Crippen molar-refractivity contribution in [2.75, 3.05) is 0 Å². The molecule has 1 heteroatoms. The lowest BCUT2D eigenvalue weighted by atomic mass is 10.1. The molecule has 0 amide bonds. The second-order valence-corrected chi connectivity index (χ2v) is 3.15. The summed E-state index contributed by atoms with van der Waals surface area (Å²) in [4.78, 5) is 9.85. The van der Waals surface area contributed by atoms with Crippen molar-refractivity contribution in [3.05, 3.63) is 6.42 Å². The summed E-state index contributed by atoms with van der Waals surface area (Å²) in [5.74, 6) is 0. The molecule has 0 saturated heterocycles. The molecular weight excluding hydrogens is 148 g/mol. The van der Waals surface area contributed by atoms with Crippen molar-refractivity contribution in [1.29, 1.82) is 0 Å². The van der Waals surface area contributed by atoms with E-state index in [0.29, 0.717) is 6.42 Å². The van der Waals surface area contributed by atoms with Gasteiger partial charge in [0.1, 0.15) is 0 Å². The Hall–Kier alpha value is -0.330.